The zero-order chi connectivity index (χ0) is 14.3. The Hall–Kier alpha value is -2.09. The molecule has 0 bridgehead atoms. The third kappa shape index (κ3) is 4.96. The second-order valence-electron chi connectivity index (χ2n) is 4.53. The van der Waals surface area contributed by atoms with Crippen LogP contribution in [0.1, 0.15) is 31.7 Å². The summed E-state index contributed by atoms with van der Waals surface area (Å²) < 4.78 is 13.3. The molecular weight excluding hydrogens is 247 g/mol. The highest BCUT2D eigenvalue weighted by Gasteiger charge is 2.08. The summed E-state index contributed by atoms with van der Waals surface area (Å²) in [5, 5.41) is 20.4. The number of carboxylic acids is 1. The van der Waals surface area contributed by atoms with Crippen LogP contribution in [-0.2, 0) is 4.79 Å². The van der Waals surface area contributed by atoms with Gasteiger partial charge in [0.1, 0.15) is 17.4 Å². The summed E-state index contributed by atoms with van der Waals surface area (Å²) in [7, 11) is 0. The van der Waals surface area contributed by atoms with Crippen LogP contribution in [0, 0.1) is 23.1 Å². The van der Waals surface area contributed by atoms with Gasteiger partial charge in [0, 0.05) is 13.0 Å². The summed E-state index contributed by atoms with van der Waals surface area (Å²) in [6, 6.07) is 6.28. The predicted molar refractivity (Wildman–Crippen MR) is 70.3 cm³/mol. The Labute approximate surface area is 111 Å². The maximum Gasteiger partial charge on any atom is 0.303 e. The highest BCUT2D eigenvalue weighted by molar-refractivity contribution is 5.66. The van der Waals surface area contributed by atoms with Crippen molar-refractivity contribution < 1.29 is 14.3 Å². The SMILES string of the molecule is CC(CCNc1cccc(F)c1C#N)CCC(=O)O. The van der Waals surface area contributed by atoms with Crippen molar-refractivity contribution in [2.45, 2.75) is 26.2 Å². The van der Waals surface area contributed by atoms with Crippen molar-refractivity contribution in [1.82, 2.24) is 0 Å². The largest absolute Gasteiger partial charge is 0.481 e. The zero-order valence-corrected chi connectivity index (χ0v) is 10.8. The van der Waals surface area contributed by atoms with E-state index in [1.807, 2.05) is 13.0 Å². The number of nitrogens with one attached hydrogen (secondary N) is 1. The molecule has 1 rings (SSSR count). The molecule has 0 radical (unpaired) electrons. The second kappa shape index (κ2) is 7.37. The monoisotopic (exact) mass is 264 g/mol. The molecule has 0 spiro atoms. The van der Waals surface area contributed by atoms with E-state index in [4.69, 9.17) is 10.4 Å². The number of nitrogens with zero attached hydrogens (tertiary/aromatic N) is 1. The molecule has 0 fully saturated rings. The van der Waals surface area contributed by atoms with Gasteiger partial charge in [-0.05, 0) is 30.9 Å². The number of anilines is 1. The maximum atomic E-state index is 13.3. The molecule has 0 aliphatic heterocycles. The molecule has 19 heavy (non-hydrogen) atoms. The van der Waals surface area contributed by atoms with E-state index in [2.05, 4.69) is 5.32 Å². The summed E-state index contributed by atoms with van der Waals surface area (Å²) in [5.41, 5.74) is 0.494. The van der Waals surface area contributed by atoms with Crippen LogP contribution in [0.4, 0.5) is 10.1 Å². The van der Waals surface area contributed by atoms with E-state index in [-0.39, 0.29) is 17.9 Å². The summed E-state index contributed by atoms with van der Waals surface area (Å²) in [6.45, 7) is 2.56. The van der Waals surface area contributed by atoms with Crippen LogP contribution >= 0.6 is 0 Å². The van der Waals surface area contributed by atoms with Crippen LogP contribution in [-0.4, -0.2) is 17.6 Å². The first-order chi connectivity index (χ1) is 9.04. The number of halogens is 1. The number of aliphatic carboxylic acids is 1. The van der Waals surface area contributed by atoms with Gasteiger partial charge >= 0.3 is 5.97 Å². The average molecular weight is 264 g/mol. The average Bonchev–Trinajstić information content (AvgIpc) is 2.36. The van der Waals surface area contributed by atoms with Crippen molar-refractivity contribution in [2.24, 2.45) is 5.92 Å². The minimum absolute atomic E-state index is 0.0145. The standard InChI is InChI=1S/C14H17FN2O2/c1-10(5-6-14(18)19)7-8-17-13-4-2-3-12(15)11(13)9-16/h2-4,10,17H,5-8H2,1H3,(H,18,19). The number of nitriles is 1. The molecule has 0 aromatic heterocycles. The van der Waals surface area contributed by atoms with Crippen LogP contribution in [0.25, 0.3) is 0 Å². The third-order valence-corrected chi connectivity index (χ3v) is 2.93. The molecule has 0 aliphatic rings. The van der Waals surface area contributed by atoms with Gasteiger partial charge in [0.2, 0.25) is 0 Å². The lowest BCUT2D eigenvalue weighted by Crippen LogP contribution is -2.09. The van der Waals surface area contributed by atoms with Gasteiger partial charge in [-0.3, -0.25) is 4.79 Å². The lowest BCUT2D eigenvalue weighted by atomic mass is 10.0. The fraction of sp³-hybridized carbons (Fsp3) is 0.429. The number of hydrogen-bond donors (Lipinski definition) is 2. The van der Waals surface area contributed by atoms with E-state index in [1.54, 1.807) is 12.1 Å². The van der Waals surface area contributed by atoms with E-state index >= 15 is 0 Å². The van der Waals surface area contributed by atoms with Crippen LogP contribution in [0.15, 0.2) is 18.2 Å². The number of benzene rings is 1. The summed E-state index contributed by atoms with van der Waals surface area (Å²) in [5.74, 6) is -1.06. The zero-order valence-electron chi connectivity index (χ0n) is 10.8. The van der Waals surface area contributed by atoms with Crippen molar-refractivity contribution in [3.63, 3.8) is 0 Å². The topological polar surface area (TPSA) is 73.1 Å². The highest BCUT2D eigenvalue weighted by atomic mass is 19.1. The van der Waals surface area contributed by atoms with Crippen LogP contribution < -0.4 is 5.32 Å². The van der Waals surface area contributed by atoms with Crippen LogP contribution in [0.5, 0.6) is 0 Å². The van der Waals surface area contributed by atoms with E-state index in [0.29, 0.717) is 18.7 Å². The first-order valence-corrected chi connectivity index (χ1v) is 6.19. The first kappa shape index (κ1) is 15.0. The van der Waals surface area contributed by atoms with Gasteiger partial charge in [-0.15, -0.1) is 0 Å². The lowest BCUT2D eigenvalue weighted by Gasteiger charge is -2.12. The molecule has 1 aromatic carbocycles. The molecule has 1 unspecified atom stereocenters. The molecule has 0 aliphatic carbocycles. The quantitative estimate of drug-likeness (QED) is 0.794. The van der Waals surface area contributed by atoms with Gasteiger partial charge in [0.15, 0.2) is 0 Å². The molecule has 2 N–H and O–H groups in total. The molecule has 0 heterocycles. The van der Waals surface area contributed by atoms with Gasteiger partial charge in [-0.1, -0.05) is 13.0 Å². The molecule has 0 saturated carbocycles. The number of carbonyl (C=O) groups is 1. The van der Waals surface area contributed by atoms with E-state index in [0.717, 1.165) is 6.42 Å². The van der Waals surface area contributed by atoms with Crippen molar-refractivity contribution in [3.05, 3.63) is 29.6 Å². The Morgan fingerprint density at radius 3 is 2.89 bits per heavy atom. The fourth-order valence-electron chi connectivity index (χ4n) is 1.75. The molecule has 0 amide bonds. The summed E-state index contributed by atoms with van der Waals surface area (Å²) in [6.07, 6.45) is 1.55. The molecule has 1 atom stereocenters. The van der Waals surface area contributed by atoms with Crippen LogP contribution in [0.2, 0.25) is 0 Å². The summed E-state index contributed by atoms with van der Waals surface area (Å²) >= 11 is 0. The van der Waals surface area contributed by atoms with Crippen molar-refractivity contribution in [3.8, 4) is 6.07 Å². The molecular formula is C14H17FN2O2. The maximum absolute atomic E-state index is 13.3. The van der Waals surface area contributed by atoms with Gasteiger partial charge in [0.25, 0.3) is 0 Å². The van der Waals surface area contributed by atoms with E-state index in [9.17, 15) is 9.18 Å². The number of carboxylic acid groups (broad SMARTS) is 1. The predicted octanol–water partition coefficient (Wildman–Crippen LogP) is 3.00. The fourth-order valence-corrected chi connectivity index (χ4v) is 1.75. The van der Waals surface area contributed by atoms with Crippen molar-refractivity contribution >= 4 is 11.7 Å². The van der Waals surface area contributed by atoms with Gasteiger partial charge in [0.05, 0.1) is 5.69 Å². The second-order valence-corrected chi connectivity index (χ2v) is 4.53. The first-order valence-electron chi connectivity index (χ1n) is 6.19. The Kier molecular flexibility index (Phi) is 5.80. The Morgan fingerprint density at radius 2 is 2.26 bits per heavy atom. The Balaban J connectivity index is 2.44. The number of rotatable bonds is 7. The van der Waals surface area contributed by atoms with Gasteiger partial charge in [-0.25, -0.2) is 4.39 Å². The van der Waals surface area contributed by atoms with Crippen LogP contribution in [0.3, 0.4) is 0 Å². The minimum Gasteiger partial charge on any atom is -0.481 e. The number of hydrogen-bond acceptors (Lipinski definition) is 3. The van der Waals surface area contributed by atoms with Gasteiger partial charge in [-0.2, -0.15) is 5.26 Å². The molecule has 4 nitrogen and oxygen atoms in total. The smallest absolute Gasteiger partial charge is 0.303 e. The molecule has 5 heteroatoms. The van der Waals surface area contributed by atoms with Gasteiger partial charge < -0.3 is 10.4 Å². The summed E-state index contributed by atoms with van der Waals surface area (Å²) in [4.78, 5) is 10.4. The molecule has 102 valence electrons. The Morgan fingerprint density at radius 1 is 1.53 bits per heavy atom. The minimum atomic E-state index is -0.795. The van der Waals surface area contributed by atoms with Crippen molar-refractivity contribution in [1.29, 1.82) is 5.26 Å². The third-order valence-electron chi connectivity index (χ3n) is 2.93. The lowest BCUT2D eigenvalue weighted by molar-refractivity contribution is -0.137. The van der Waals surface area contributed by atoms with E-state index < -0.39 is 11.8 Å². The highest BCUT2D eigenvalue weighted by Crippen LogP contribution is 2.18. The van der Waals surface area contributed by atoms with E-state index in [1.165, 1.54) is 6.07 Å². The normalized spacial score (nSPS) is 11.6. The Bertz CT molecular complexity index is 483. The molecule has 1 aromatic rings. The molecule has 0 saturated heterocycles. The van der Waals surface area contributed by atoms with Crippen molar-refractivity contribution in [2.75, 3.05) is 11.9 Å².